The molecule has 0 spiro atoms. The summed E-state index contributed by atoms with van der Waals surface area (Å²) in [5.74, 6) is 0.0611. The molecular weight excluding hydrogens is 243 g/mol. The van der Waals surface area contributed by atoms with Gasteiger partial charge in [0.15, 0.2) is 0 Å². The Morgan fingerprint density at radius 3 is 2.47 bits per heavy atom. The maximum atomic E-state index is 12.9. The molecule has 0 saturated heterocycles. The molecular formula is C16H19FO2. The second kappa shape index (κ2) is 6.50. The maximum absolute atomic E-state index is 12.9. The molecule has 1 fully saturated rings. The van der Waals surface area contributed by atoms with Crippen LogP contribution in [0.4, 0.5) is 4.39 Å². The van der Waals surface area contributed by atoms with Gasteiger partial charge in [-0.15, -0.1) is 6.58 Å². The summed E-state index contributed by atoms with van der Waals surface area (Å²) >= 11 is 0. The van der Waals surface area contributed by atoms with Gasteiger partial charge in [0.1, 0.15) is 11.9 Å². The van der Waals surface area contributed by atoms with Gasteiger partial charge in [0.2, 0.25) is 0 Å². The third kappa shape index (κ3) is 3.91. The molecule has 1 aromatic rings. The Morgan fingerprint density at radius 2 is 1.89 bits per heavy atom. The van der Waals surface area contributed by atoms with Gasteiger partial charge in [0.05, 0.1) is 6.42 Å². The summed E-state index contributed by atoms with van der Waals surface area (Å²) in [5, 5.41) is 0. The van der Waals surface area contributed by atoms with Crippen LogP contribution in [0, 0.1) is 5.82 Å². The first-order valence-electron chi connectivity index (χ1n) is 6.75. The van der Waals surface area contributed by atoms with E-state index in [1.165, 1.54) is 17.7 Å². The first-order chi connectivity index (χ1) is 9.19. The van der Waals surface area contributed by atoms with Crippen molar-refractivity contribution in [2.45, 2.75) is 44.1 Å². The number of benzene rings is 1. The maximum Gasteiger partial charge on any atom is 0.309 e. The smallest absolute Gasteiger partial charge is 0.309 e. The molecule has 102 valence electrons. The van der Waals surface area contributed by atoms with E-state index in [1.807, 2.05) is 12.1 Å². The predicted octanol–water partition coefficient (Wildman–Crippen LogP) is 3.97. The third-order valence-electron chi connectivity index (χ3n) is 3.62. The largest absolute Gasteiger partial charge is 0.462 e. The minimum atomic E-state index is -0.198. The number of carbonyl (C=O) groups excluding carboxylic acids is 1. The molecule has 0 bridgehead atoms. The number of rotatable bonds is 4. The molecule has 1 aromatic carbocycles. The van der Waals surface area contributed by atoms with Crippen LogP contribution in [0.1, 0.15) is 43.6 Å². The lowest BCUT2D eigenvalue weighted by Gasteiger charge is -2.28. The van der Waals surface area contributed by atoms with Gasteiger partial charge in [-0.25, -0.2) is 4.39 Å². The van der Waals surface area contributed by atoms with E-state index in [2.05, 4.69) is 6.58 Å². The van der Waals surface area contributed by atoms with Crippen LogP contribution < -0.4 is 0 Å². The second-order valence-electron chi connectivity index (χ2n) is 5.01. The molecule has 1 aliphatic rings. The highest BCUT2D eigenvalue weighted by atomic mass is 19.1. The van der Waals surface area contributed by atoms with Gasteiger partial charge in [0, 0.05) is 0 Å². The number of esters is 1. The molecule has 0 amide bonds. The SMILES string of the molecule is C=CCC(=O)OC1CCC(c2ccc(F)cc2)CC1. The van der Waals surface area contributed by atoms with E-state index < -0.39 is 0 Å². The van der Waals surface area contributed by atoms with Gasteiger partial charge >= 0.3 is 5.97 Å². The zero-order valence-corrected chi connectivity index (χ0v) is 11.0. The van der Waals surface area contributed by atoms with Crippen molar-refractivity contribution in [3.8, 4) is 0 Å². The van der Waals surface area contributed by atoms with Gasteiger partial charge in [-0.2, -0.15) is 0 Å². The Labute approximate surface area is 113 Å². The van der Waals surface area contributed by atoms with Crippen molar-refractivity contribution in [1.29, 1.82) is 0 Å². The van der Waals surface area contributed by atoms with Gasteiger partial charge < -0.3 is 4.74 Å². The number of hydrogen-bond acceptors (Lipinski definition) is 2. The van der Waals surface area contributed by atoms with Crippen LogP contribution in [-0.4, -0.2) is 12.1 Å². The van der Waals surface area contributed by atoms with Crippen molar-refractivity contribution in [3.63, 3.8) is 0 Å². The zero-order valence-electron chi connectivity index (χ0n) is 11.0. The second-order valence-corrected chi connectivity index (χ2v) is 5.01. The fourth-order valence-electron chi connectivity index (χ4n) is 2.60. The first kappa shape index (κ1) is 13.8. The highest BCUT2D eigenvalue weighted by molar-refractivity contribution is 5.71. The highest BCUT2D eigenvalue weighted by Gasteiger charge is 2.24. The topological polar surface area (TPSA) is 26.3 Å². The highest BCUT2D eigenvalue weighted by Crippen LogP contribution is 2.34. The minimum absolute atomic E-state index is 0.0316. The van der Waals surface area contributed by atoms with E-state index in [4.69, 9.17) is 4.74 Å². The average molecular weight is 262 g/mol. The van der Waals surface area contributed by atoms with Gasteiger partial charge in [-0.1, -0.05) is 18.2 Å². The molecule has 0 unspecified atom stereocenters. The predicted molar refractivity (Wildman–Crippen MR) is 72.3 cm³/mol. The summed E-state index contributed by atoms with van der Waals surface area (Å²) in [5.41, 5.74) is 1.18. The Bertz CT molecular complexity index is 431. The number of carbonyl (C=O) groups is 1. The van der Waals surface area contributed by atoms with Crippen LogP contribution in [0.15, 0.2) is 36.9 Å². The fraction of sp³-hybridized carbons (Fsp3) is 0.438. The summed E-state index contributed by atoms with van der Waals surface area (Å²) in [4.78, 5) is 11.4. The normalized spacial score (nSPS) is 22.8. The molecule has 2 rings (SSSR count). The van der Waals surface area contributed by atoms with Crippen molar-refractivity contribution in [2.24, 2.45) is 0 Å². The van der Waals surface area contributed by atoms with Crippen LogP contribution in [-0.2, 0) is 9.53 Å². The Kier molecular flexibility index (Phi) is 4.72. The molecule has 0 aromatic heterocycles. The van der Waals surface area contributed by atoms with Crippen LogP contribution in [0.3, 0.4) is 0 Å². The van der Waals surface area contributed by atoms with E-state index in [0.29, 0.717) is 5.92 Å². The molecule has 3 heteroatoms. The van der Waals surface area contributed by atoms with Gasteiger partial charge in [0.25, 0.3) is 0 Å². The number of ether oxygens (including phenoxy) is 1. The summed E-state index contributed by atoms with van der Waals surface area (Å²) in [7, 11) is 0. The van der Waals surface area contributed by atoms with Crippen molar-refractivity contribution in [3.05, 3.63) is 48.3 Å². The minimum Gasteiger partial charge on any atom is -0.462 e. The van der Waals surface area contributed by atoms with Crippen molar-refractivity contribution >= 4 is 5.97 Å². The molecule has 19 heavy (non-hydrogen) atoms. The van der Waals surface area contributed by atoms with Crippen LogP contribution in [0.2, 0.25) is 0 Å². The van der Waals surface area contributed by atoms with E-state index in [0.717, 1.165) is 25.7 Å². The van der Waals surface area contributed by atoms with Crippen LogP contribution in [0.25, 0.3) is 0 Å². The molecule has 2 nitrogen and oxygen atoms in total. The van der Waals surface area contributed by atoms with Crippen LogP contribution in [0.5, 0.6) is 0 Å². The van der Waals surface area contributed by atoms with Gasteiger partial charge in [-0.05, 0) is 49.3 Å². The molecule has 0 atom stereocenters. The third-order valence-corrected chi connectivity index (χ3v) is 3.62. The zero-order chi connectivity index (χ0) is 13.7. The molecule has 0 aliphatic heterocycles. The van der Waals surface area contributed by atoms with E-state index in [9.17, 15) is 9.18 Å². The lowest BCUT2D eigenvalue weighted by atomic mass is 9.83. The summed E-state index contributed by atoms with van der Waals surface area (Å²) in [6.07, 6.45) is 5.60. The lowest BCUT2D eigenvalue weighted by Crippen LogP contribution is -2.23. The summed E-state index contributed by atoms with van der Waals surface area (Å²) in [6.45, 7) is 3.52. The quantitative estimate of drug-likeness (QED) is 0.606. The number of halogens is 1. The first-order valence-corrected chi connectivity index (χ1v) is 6.75. The van der Waals surface area contributed by atoms with E-state index in [1.54, 1.807) is 6.08 Å². The lowest BCUT2D eigenvalue weighted by molar-refractivity contribution is -0.149. The Hall–Kier alpha value is -1.64. The molecule has 1 saturated carbocycles. The number of hydrogen-bond donors (Lipinski definition) is 0. The summed E-state index contributed by atoms with van der Waals surface area (Å²) in [6, 6.07) is 6.71. The van der Waals surface area contributed by atoms with Crippen molar-refractivity contribution in [1.82, 2.24) is 0 Å². The monoisotopic (exact) mass is 262 g/mol. The molecule has 0 heterocycles. The Balaban J connectivity index is 1.83. The van der Waals surface area contributed by atoms with Crippen molar-refractivity contribution < 1.29 is 13.9 Å². The molecule has 1 aliphatic carbocycles. The van der Waals surface area contributed by atoms with Gasteiger partial charge in [-0.3, -0.25) is 4.79 Å². The molecule has 0 radical (unpaired) electrons. The van der Waals surface area contributed by atoms with E-state index in [-0.39, 0.29) is 24.3 Å². The van der Waals surface area contributed by atoms with Crippen molar-refractivity contribution in [2.75, 3.05) is 0 Å². The van der Waals surface area contributed by atoms with Crippen LogP contribution >= 0.6 is 0 Å². The fourth-order valence-corrected chi connectivity index (χ4v) is 2.60. The summed E-state index contributed by atoms with van der Waals surface area (Å²) < 4.78 is 18.2. The molecule has 0 N–H and O–H groups in total. The standard InChI is InChI=1S/C16H19FO2/c1-2-3-16(18)19-15-10-6-13(7-11-15)12-4-8-14(17)9-5-12/h2,4-5,8-9,13,15H,1,3,6-7,10-11H2. The Morgan fingerprint density at radius 1 is 1.26 bits per heavy atom. The van der Waals surface area contributed by atoms with E-state index >= 15 is 0 Å². The average Bonchev–Trinajstić information content (AvgIpc) is 2.41.